The summed E-state index contributed by atoms with van der Waals surface area (Å²) in [6.07, 6.45) is 7.24. The Morgan fingerprint density at radius 2 is 1.81 bits per heavy atom. The van der Waals surface area contributed by atoms with E-state index in [0.717, 1.165) is 18.8 Å². The molecule has 1 saturated heterocycles. The number of allylic oxidation sites excluding steroid dienone is 2. The zero-order chi connectivity index (χ0) is 22.7. The maximum atomic E-state index is 12.6. The van der Waals surface area contributed by atoms with Crippen molar-refractivity contribution in [2.75, 3.05) is 35.6 Å². The maximum Gasteiger partial charge on any atom is 0.342 e. The molecule has 9 nitrogen and oxygen atoms in total. The Balaban J connectivity index is 1.37. The summed E-state index contributed by atoms with van der Waals surface area (Å²) in [5.41, 5.74) is 1.72. The van der Waals surface area contributed by atoms with Gasteiger partial charge in [0.15, 0.2) is 11.9 Å². The van der Waals surface area contributed by atoms with Gasteiger partial charge in [-0.1, -0.05) is 0 Å². The van der Waals surface area contributed by atoms with Crippen molar-refractivity contribution in [3.05, 3.63) is 48.2 Å². The summed E-state index contributed by atoms with van der Waals surface area (Å²) in [6, 6.07) is 7.58. The number of anilines is 2. The second kappa shape index (κ2) is 9.15. The van der Waals surface area contributed by atoms with Crippen LogP contribution in [-0.2, 0) is 24.3 Å². The molecule has 0 saturated carbocycles. The monoisotopic (exact) mass is 458 g/mol. The number of carbonyl (C=O) groups excluding carboxylic acids is 2. The van der Waals surface area contributed by atoms with E-state index < -0.39 is 28.0 Å². The van der Waals surface area contributed by atoms with Crippen molar-refractivity contribution < 1.29 is 22.7 Å². The Bertz CT molecular complexity index is 1090. The Labute approximate surface area is 187 Å². The molecule has 1 atom stereocenters. The Kier molecular flexibility index (Phi) is 6.31. The van der Waals surface area contributed by atoms with Crippen LogP contribution in [0.3, 0.4) is 0 Å². The molecule has 1 amide bonds. The van der Waals surface area contributed by atoms with Crippen molar-refractivity contribution in [2.45, 2.75) is 32.3 Å². The summed E-state index contributed by atoms with van der Waals surface area (Å²) in [7, 11) is -3.64. The number of esters is 1. The lowest BCUT2D eigenvalue weighted by molar-refractivity contribution is -0.148. The Morgan fingerprint density at radius 3 is 2.53 bits per heavy atom. The molecule has 10 heteroatoms. The molecule has 3 heterocycles. The van der Waals surface area contributed by atoms with Crippen molar-refractivity contribution in [3.63, 3.8) is 0 Å². The number of sulfonamides is 1. The lowest BCUT2D eigenvalue weighted by Gasteiger charge is -2.29. The summed E-state index contributed by atoms with van der Waals surface area (Å²) in [5, 5.41) is 2.74. The van der Waals surface area contributed by atoms with E-state index in [9.17, 15) is 18.0 Å². The first-order valence-electron chi connectivity index (χ1n) is 10.7. The molecule has 4 rings (SSSR count). The second-order valence-electron chi connectivity index (χ2n) is 7.95. The van der Waals surface area contributed by atoms with E-state index in [2.05, 4.69) is 14.6 Å². The Morgan fingerprint density at radius 1 is 1.09 bits per heavy atom. The molecule has 0 aromatic heterocycles. The van der Waals surface area contributed by atoms with Crippen molar-refractivity contribution >= 4 is 39.1 Å². The van der Waals surface area contributed by atoms with Crippen molar-refractivity contribution in [1.29, 1.82) is 0 Å². The highest BCUT2D eigenvalue weighted by Crippen LogP contribution is 2.22. The molecule has 0 spiro atoms. The van der Waals surface area contributed by atoms with Gasteiger partial charge in [-0.3, -0.25) is 4.79 Å². The third-order valence-corrected chi connectivity index (χ3v) is 6.74. The van der Waals surface area contributed by atoms with Crippen LogP contribution in [0.15, 0.2) is 52.6 Å². The molecular formula is C22H26N4O5S. The van der Waals surface area contributed by atoms with Gasteiger partial charge in [-0.25, -0.2) is 13.2 Å². The second-order valence-corrected chi connectivity index (χ2v) is 9.70. The van der Waals surface area contributed by atoms with E-state index >= 15 is 0 Å². The van der Waals surface area contributed by atoms with E-state index in [0.29, 0.717) is 5.69 Å². The Hall–Kier alpha value is -3.14. The number of nitrogens with one attached hydrogen (secondary N) is 1. The average Bonchev–Trinajstić information content (AvgIpc) is 2.79. The van der Waals surface area contributed by atoms with Crippen molar-refractivity contribution in [1.82, 2.24) is 4.90 Å². The molecule has 0 aliphatic carbocycles. The van der Waals surface area contributed by atoms with Crippen molar-refractivity contribution in [2.24, 2.45) is 4.40 Å². The zero-order valence-corrected chi connectivity index (χ0v) is 18.7. The molecule has 3 aliphatic heterocycles. The molecule has 1 unspecified atom stereocenters. The molecule has 1 aromatic rings. The minimum absolute atomic E-state index is 0.00121. The van der Waals surface area contributed by atoms with Crippen LogP contribution < -0.4 is 10.2 Å². The summed E-state index contributed by atoms with van der Waals surface area (Å²) < 4.78 is 32.7. The highest BCUT2D eigenvalue weighted by Gasteiger charge is 2.32. The molecule has 0 radical (unpaired) electrons. The normalized spacial score (nSPS) is 20.5. The van der Waals surface area contributed by atoms with E-state index in [1.165, 1.54) is 32.3 Å². The maximum absolute atomic E-state index is 12.6. The number of benzene rings is 1. The third kappa shape index (κ3) is 5.01. The molecular weight excluding hydrogens is 432 g/mol. The molecule has 3 aliphatic rings. The van der Waals surface area contributed by atoms with Crippen LogP contribution in [0.1, 0.15) is 26.2 Å². The lowest BCUT2D eigenvalue weighted by atomic mass is 10.1. The van der Waals surface area contributed by atoms with E-state index in [1.54, 1.807) is 17.2 Å². The first-order chi connectivity index (χ1) is 15.3. The fraction of sp³-hybridized carbons (Fsp3) is 0.409. The van der Waals surface area contributed by atoms with E-state index in [1.807, 2.05) is 24.3 Å². The fourth-order valence-corrected chi connectivity index (χ4v) is 4.79. The summed E-state index contributed by atoms with van der Waals surface area (Å²) in [4.78, 5) is 29.1. The van der Waals surface area contributed by atoms with Crippen LogP contribution in [-0.4, -0.2) is 62.5 Å². The van der Waals surface area contributed by atoms with Gasteiger partial charge < -0.3 is 19.9 Å². The molecule has 1 fully saturated rings. The van der Waals surface area contributed by atoms with Gasteiger partial charge in [-0.15, -0.1) is 4.40 Å². The van der Waals surface area contributed by atoms with Gasteiger partial charge >= 0.3 is 5.97 Å². The van der Waals surface area contributed by atoms with Gasteiger partial charge in [0.1, 0.15) is 5.57 Å². The SMILES string of the molecule is CC(OC(=O)C1=CC=CN2CCS(=O)(=O)N=C12)C(=O)Nc1ccc(N2CCCCC2)cc1. The van der Waals surface area contributed by atoms with Crippen LogP contribution >= 0.6 is 0 Å². The van der Waals surface area contributed by atoms with Crippen molar-refractivity contribution in [3.8, 4) is 0 Å². The summed E-state index contributed by atoms with van der Waals surface area (Å²) in [5.74, 6) is -1.40. The average molecular weight is 459 g/mol. The highest BCUT2D eigenvalue weighted by molar-refractivity contribution is 7.90. The predicted octanol–water partition coefficient (Wildman–Crippen LogP) is 2.04. The molecule has 170 valence electrons. The largest absolute Gasteiger partial charge is 0.449 e. The number of rotatable bonds is 5. The predicted molar refractivity (Wildman–Crippen MR) is 122 cm³/mol. The summed E-state index contributed by atoms with van der Waals surface area (Å²) >= 11 is 0. The van der Waals surface area contributed by atoms with Crippen LogP contribution in [0.25, 0.3) is 0 Å². The topological polar surface area (TPSA) is 108 Å². The van der Waals surface area contributed by atoms with Gasteiger partial charge in [0, 0.05) is 37.2 Å². The third-order valence-electron chi connectivity index (χ3n) is 5.59. The molecule has 1 N–H and O–H groups in total. The standard InChI is InChI=1S/C22H26N4O5S/c1-16(21(27)23-17-7-9-18(10-8-17)25-11-3-2-4-12-25)31-22(28)19-6-5-13-26-14-15-32(29,30)24-20(19)26/h5-10,13,16H,2-4,11-12,14-15H2,1H3,(H,23,27). The first kappa shape index (κ1) is 22.1. The quantitative estimate of drug-likeness (QED) is 0.673. The molecule has 32 heavy (non-hydrogen) atoms. The van der Waals surface area contributed by atoms with Gasteiger partial charge in [-0.05, 0) is 62.6 Å². The number of piperidine rings is 1. The highest BCUT2D eigenvalue weighted by atomic mass is 32.2. The number of amidine groups is 1. The number of ether oxygens (including phenoxy) is 1. The van der Waals surface area contributed by atoms with E-state index in [4.69, 9.17) is 4.74 Å². The van der Waals surface area contributed by atoms with E-state index in [-0.39, 0.29) is 23.7 Å². The van der Waals surface area contributed by atoms with Gasteiger partial charge in [-0.2, -0.15) is 0 Å². The van der Waals surface area contributed by atoms with Crippen LogP contribution in [0.2, 0.25) is 0 Å². The number of hydrogen-bond acceptors (Lipinski definition) is 7. The number of amides is 1. The smallest absolute Gasteiger partial charge is 0.342 e. The number of fused-ring (bicyclic) bond motifs is 1. The number of hydrogen-bond donors (Lipinski definition) is 1. The fourth-order valence-electron chi connectivity index (χ4n) is 3.80. The first-order valence-corrected chi connectivity index (χ1v) is 12.3. The zero-order valence-electron chi connectivity index (χ0n) is 17.9. The van der Waals surface area contributed by atoms with Crippen LogP contribution in [0.4, 0.5) is 11.4 Å². The molecule has 1 aromatic carbocycles. The lowest BCUT2D eigenvalue weighted by Crippen LogP contribution is -2.41. The minimum atomic E-state index is -3.64. The minimum Gasteiger partial charge on any atom is -0.449 e. The molecule has 0 bridgehead atoms. The number of nitrogens with zero attached hydrogens (tertiary/aromatic N) is 3. The van der Waals surface area contributed by atoms with Crippen LogP contribution in [0, 0.1) is 0 Å². The van der Waals surface area contributed by atoms with Crippen LogP contribution in [0.5, 0.6) is 0 Å². The van der Waals surface area contributed by atoms with Gasteiger partial charge in [0.25, 0.3) is 15.9 Å². The van der Waals surface area contributed by atoms with Gasteiger partial charge in [0.05, 0.1) is 5.75 Å². The number of carbonyl (C=O) groups is 2. The summed E-state index contributed by atoms with van der Waals surface area (Å²) in [6.45, 7) is 3.74. The van der Waals surface area contributed by atoms with Gasteiger partial charge in [0.2, 0.25) is 0 Å².